The van der Waals surface area contributed by atoms with Gasteiger partial charge in [-0.25, -0.2) is 8.78 Å². The molecule has 0 unspecified atom stereocenters. The van der Waals surface area contributed by atoms with E-state index in [1.165, 1.54) is 36.4 Å². The predicted molar refractivity (Wildman–Crippen MR) is 75.0 cm³/mol. The van der Waals surface area contributed by atoms with Crippen LogP contribution in [0.5, 0.6) is 0 Å². The monoisotopic (exact) mass is 276 g/mol. The van der Waals surface area contributed by atoms with E-state index in [2.05, 4.69) is 10.6 Å². The van der Waals surface area contributed by atoms with E-state index in [-0.39, 0.29) is 17.4 Å². The Hall–Kier alpha value is -2.43. The number of carbonyl (C=O) groups is 1. The van der Waals surface area contributed by atoms with Crippen LogP contribution in [0.25, 0.3) is 0 Å². The maximum Gasteiger partial charge on any atom is 0.255 e. The third kappa shape index (κ3) is 2.93. The average Bonchev–Trinajstić information content (AvgIpc) is 2.43. The number of aryl methyl sites for hydroxylation is 1. The summed E-state index contributed by atoms with van der Waals surface area (Å²) in [5.74, 6) is -1.14. The molecule has 0 fully saturated rings. The Bertz CT molecular complexity index is 656. The second-order valence-electron chi connectivity index (χ2n) is 4.36. The van der Waals surface area contributed by atoms with Crippen molar-refractivity contribution < 1.29 is 13.6 Å². The van der Waals surface area contributed by atoms with Crippen LogP contribution in [0.1, 0.15) is 15.9 Å². The maximum atomic E-state index is 13.3. The Labute approximate surface area is 115 Å². The Morgan fingerprint density at radius 2 is 1.75 bits per heavy atom. The number of hydrogen-bond acceptors (Lipinski definition) is 2. The van der Waals surface area contributed by atoms with Crippen molar-refractivity contribution in [2.45, 2.75) is 6.92 Å². The molecule has 0 bridgehead atoms. The number of rotatable bonds is 3. The normalized spacial score (nSPS) is 10.2. The van der Waals surface area contributed by atoms with Gasteiger partial charge in [0.1, 0.15) is 11.6 Å². The van der Waals surface area contributed by atoms with Gasteiger partial charge in [0.2, 0.25) is 0 Å². The lowest BCUT2D eigenvalue weighted by molar-refractivity contribution is 0.102. The highest BCUT2D eigenvalue weighted by Crippen LogP contribution is 2.18. The molecule has 0 radical (unpaired) electrons. The molecular weight excluding hydrogens is 262 g/mol. The van der Waals surface area contributed by atoms with Gasteiger partial charge in [0.15, 0.2) is 0 Å². The molecule has 0 aliphatic rings. The minimum atomic E-state index is -0.429. The molecule has 2 rings (SSSR count). The third-order valence-corrected chi connectivity index (χ3v) is 2.91. The van der Waals surface area contributed by atoms with Crippen molar-refractivity contribution in [3.63, 3.8) is 0 Å². The number of carbonyl (C=O) groups excluding carboxylic acids is 1. The van der Waals surface area contributed by atoms with Crippen LogP contribution in [0.3, 0.4) is 0 Å². The predicted octanol–water partition coefficient (Wildman–Crippen LogP) is 3.57. The first-order valence-corrected chi connectivity index (χ1v) is 6.06. The highest BCUT2D eigenvalue weighted by molar-refractivity contribution is 6.04. The summed E-state index contributed by atoms with van der Waals surface area (Å²) in [4.78, 5) is 12.0. The van der Waals surface area contributed by atoms with Crippen LogP contribution in [-0.2, 0) is 0 Å². The fourth-order valence-electron chi connectivity index (χ4n) is 1.78. The number of amides is 1. The minimum Gasteiger partial charge on any atom is -0.386 e. The molecule has 1 amide bonds. The van der Waals surface area contributed by atoms with Crippen LogP contribution in [0.4, 0.5) is 20.2 Å². The second kappa shape index (κ2) is 5.69. The van der Waals surface area contributed by atoms with Crippen molar-refractivity contribution >= 4 is 17.3 Å². The number of hydrogen-bond donors (Lipinski definition) is 2. The van der Waals surface area contributed by atoms with E-state index >= 15 is 0 Å². The largest absolute Gasteiger partial charge is 0.386 e. The van der Waals surface area contributed by atoms with Crippen molar-refractivity contribution in [3.8, 4) is 0 Å². The molecule has 2 aromatic carbocycles. The van der Waals surface area contributed by atoms with Crippen LogP contribution in [0.15, 0.2) is 36.4 Å². The van der Waals surface area contributed by atoms with Crippen LogP contribution in [0.2, 0.25) is 0 Å². The van der Waals surface area contributed by atoms with E-state index in [1.807, 2.05) is 0 Å². The van der Waals surface area contributed by atoms with Gasteiger partial charge in [0.05, 0.1) is 5.69 Å². The standard InChI is InChI=1S/C15H14F2N2O/c1-9-7-11(4-6-12(9)16)19-15(20)10-3-5-13(17)14(8-10)18-2/h3-8,18H,1-2H3,(H,19,20). The zero-order chi connectivity index (χ0) is 14.7. The fraction of sp³-hybridized carbons (Fsp3) is 0.133. The summed E-state index contributed by atoms with van der Waals surface area (Å²) in [5.41, 5.74) is 1.49. The lowest BCUT2D eigenvalue weighted by Crippen LogP contribution is -2.12. The molecule has 0 atom stereocenters. The Morgan fingerprint density at radius 1 is 1.05 bits per heavy atom. The van der Waals surface area contributed by atoms with E-state index in [4.69, 9.17) is 0 Å². The van der Waals surface area contributed by atoms with E-state index < -0.39 is 5.82 Å². The first kappa shape index (κ1) is 14.0. The van der Waals surface area contributed by atoms with Gasteiger partial charge >= 0.3 is 0 Å². The molecule has 0 aliphatic heterocycles. The summed E-state index contributed by atoms with van der Waals surface area (Å²) in [6, 6.07) is 8.33. The molecule has 0 saturated carbocycles. The topological polar surface area (TPSA) is 41.1 Å². The smallest absolute Gasteiger partial charge is 0.255 e. The SMILES string of the molecule is CNc1cc(C(=O)Nc2ccc(F)c(C)c2)ccc1F. The van der Waals surface area contributed by atoms with Crippen LogP contribution >= 0.6 is 0 Å². The molecule has 0 aromatic heterocycles. The molecule has 20 heavy (non-hydrogen) atoms. The van der Waals surface area contributed by atoms with Crippen molar-refractivity contribution in [2.24, 2.45) is 0 Å². The zero-order valence-corrected chi connectivity index (χ0v) is 11.1. The van der Waals surface area contributed by atoms with Gasteiger partial charge in [-0.3, -0.25) is 4.79 Å². The van der Waals surface area contributed by atoms with E-state index in [1.54, 1.807) is 14.0 Å². The molecule has 2 aromatic rings. The van der Waals surface area contributed by atoms with E-state index in [0.29, 0.717) is 16.8 Å². The molecule has 0 aliphatic carbocycles. The number of benzene rings is 2. The van der Waals surface area contributed by atoms with Gasteiger partial charge in [0, 0.05) is 18.3 Å². The van der Waals surface area contributed by atoms with Gasteiger partial charge in [-0.2, -0.15) is 0 Å². The van der Waals surface area contributed by atoms with Gasteiger partial charge in [-0.1, -0.05) is 0 Å². The summed E-state index contributed by atoms with van der Waals surface area (Å²) in [6.45, 7) is 1.61. The lowest BCUT2D eigenvalue weighted by atomic mass is 10.1. The summed E-state index contributed by atoms with van der Waals surface area (Å²) < 4.78 is 26.5. The van der Waals surface area contributed by atoms with Crippen LogP contribution in [-0.4, -0.2) is 13.0 Å². The molecule has 5 heteroatoms. The first-order valence-electron chi connectivity index (χ1n) is 6.06. The van der Waals surface area contributed by atoms with E-state index in [9.17, 15) is 13.6 Å². The number of anilines is 2. The molecule has 104 valence electrons. The Balaban J connectivity index is 2.21. The average molecular weight is 276 g/mol. The summed E-state index contributed by atoms with van der Waals surface area (Å²) >= 11 is 0. The summed E-state index contributed by atoms with van der Waals surface area (Å²) in [5, 5.41) is 5.31. The Morgan fingerprint density at radius 3 is 2.40 bits per heavy atom. The molecule has 0 saturated heterocycles. The lowest BCUT2D eigenvalue weighted by Gasteiger charge is -2.08. The molecule has 0 spiro atoms. The van der Waals surface area contributed by atoms with Gasteiger partial charge in [-0.05, 0) is 48.9 Å². The van der Waals surface area contributed by atoms with Crippen molar-refractivity contribution in [3.05, 3.63) is 59.2 Å². The third-order valence-electron chi connectivity index (χ3n) is 2.91. The van der Waals surface area contributed by atoms with Crippen molar-refractivity contribution in [2.75, 3.05) is 17.7 Å². The quantitative estimate of drug-likeness (QED) is 0.899. The maximum absolute atomic E-state index is 13.3. The zero-order valence-electron chi connectivity index (χ0n) is 11.1. The van der Waals surface area contributed by atoms with Gasteiger partial charge in [-0.15, -0.1) is 0 Å². The molecular formula is C15H14F2N2O. The summed E-state index contributed by atoms with van der Waals surface area (Å²) in [6.07, 6.45) is 0. The Kier molecular flexibility index (Phi) is 3.98. The first-order chi connectivity index (χ1) is 9.51. The van der Waals surface area contributed by atoms with Crippen LogP contribution < -0.4 is 10.6 Å². The number of halogens is 2. The highest BCUT2D eigenvalue weighted by atomic mass is 19.1. The minimum absolute atomic E-state index is 0.243. The van der Waals surface area contributed by atoms with Gasteiger partial charge < -0.3 is 10.6 Å². The fourth-order valence-corrected chi connectivity index (χ4v) is 1.78. The highest BCUT2D eigenvalue weighted by Gasteiger charge is 2.10. The van der Waals surface area contributed by atoms with Crippen molar-refractivity contribution in [1.82, 2.24) is 0 Å². The molecule has 0 heterocycles. The summed E-state index contributed by atoms with van der Waals surface area (Å²) in [7, 11) is 1.57. The molecule has 3 nitrogen and oxygen atoms in total. The van der Waals surface area contributed by atoms with Crippen molar-refractivity contribution in [1.29, 1.82) is 0 Å². The molecule has 2 N–H and O–H groups in total. The van der Waals surface area contributed by atoms with E-state index in [0.717, 1.165) is 0 Å². The second-order valence-corrected chi connectivity index (χ2v) is 4.36. The van der Waals surface area contributed by atoms with Gasteiger partial charge in [0.25, 0.3) is 5.91 Å². The number of nitrogens with one attached hydrogen (secondary N) is 2. The van der Waals surface area contributed by atoms with Crippen LogP contribution in [0, 0.1) is 18.6 Å².